The van der Waals surface area contributed by atoms with Crippen molar-refractivity contribution in [2.24, 2.45) is 0 Å². The van der Waals surface area contributed by atoms with Gasteiger partial charge >= 0.3 is 0 Å². The highest BCUT2D eigenvalue weighted by atomic mass is 16.5. The minimum Gasteiger partial charge on any atom is -0.490 e. The molecule has 1 aromatic heterocycles. The van der Waals surface area contributed by atoms with E-state index in [1.165, 1.54) is 0 Å². The van der Waals surface area contributed by atoms with Crippen molar-refractivity contribution in [3.8, 4) is 17.2 Å². The van der Waals surface area contributed by atoms with Crippen molar-refractivity contribution in [1.29, 1.82) is 0 Å². The lowest BCUT2D eigenvalue weighted by molar-refractivity contribution is 0.287. The van der Waals surface area contributed by atoms with E-state index in [-0.39, 0.29) is 0 Å². The lowest BCUT2D eigenvalue weighted by atomic mass is 10.2. The average molecular weight is 291 g/mol. The van der Waals surface area contributed by atoms with E-state index in [9.17, 15) is 0 Å². The Hall–Kier alpha value is -2.15. The minimum atomic E-state index is 0.573. The standard InChI is InChI=1S/C14H21N5O2/c1-4-15-10-14-16-17-18-19(14)11-7-8-12(20-5-2)13(9-11)21-6-3/h7-9,15H,4-6,10H2,1-3H3. The molecule has 2 rings (SSSR count). The molecule has 0 saturated heterocycles. The molecule has 7 nitrogen and oxygen atoms in total. The second-order valence-corrected chi connectivity index (χ2v) is 4.28. The van der Waals surface area contributed by atoms with Gasteiger partial charge in [0.05, 0.1) is 25.4 Å². The summed E-state index contributed by atoms with van der Waals surface area (Å²) in [6.45, 7) is 8.56. The number of nitrogens with one attached hydrogen (secondary N) is 1. The van der Waals surface area contributed by atoms with Crippen LogP contribution < -0.4 is 14.8 Å². The summed E-state index contributed by atoms with van der Waals surface area (Å²) in [7, 11) is 0. The van der Waals surface area contributed by atoms with E-state index in [1.807, 2.05) is 39.0 Å². The van der Waals surface area contributed by atoms with E-state index in [4.69, 9.17) is 9.47 Å². The van der Waals surface area contributed by atoms with Crippen LogP contribution in [-0.4, -0.2) is 40.0 Å². The fourth-order valence-electron chi connectivity index (χ4n) is 1.92. The predicted molar refractivity (Wildman–Crippen MR) is 78.9 cm³/mol. The molecular formula is C14H21N5O2. The maximum Gasteiger partial charge on any atom is 0.170 e. The maximum atomic E-state index is 5.63. The highest BCUT2D eigenvalue weighted by Gasteiger charge is 2.11. The summed E-state index contributed by atoms with van der Waals surface area (Å²) in [5, 5.41) is 15.0. The molecule has 0 atom stereocenters. The largest absolute Gasteiger partial charge is 0.490 e. The topological polar surface area (TPSA) is 74.1 Å². The first-order chi connectivity index (χ1) is 10.3. The van der Waals surface area contributed by atoms with Gasteiger partial charge in [-0.2, -0.15) is 4.68 Å². The van der Waals surface area contributed by atoms with Crippen molar-refractivity contribution in [3.63, 3.8) is 0 Å². The molecule has 1 aromatic carbocycles. The zero-order valence-corrected chi connectivity index (χ0v) is 12.7. The van der Waals surface area contributed by atoms with Crippen molar-refractivity contribution < 1.29 is 9.47 Å². The summed E-state index contributed by atoms with van der Waals surface area (Å²) < 4.78 is 12.9. The van der Waals surface area contributed by atoms with Gasteiger partial charge in [0.1, 0.15) is 0 Å². The lowest BCUT2D eigenvalue weighted by Gasteiger charge is -2.12. The number of aromatic nitrogens is 4. The van der Waals surface area contributed by atoms with Gasteiger partial charge in [-0.1, -0.05) is 6.92 Å². The second kappa shape index (κ2) is 7.58. The summed E-state index contributed by atoms with van der Waals surface area (Å²) in [5.74, 6) is 2.18. The van der Waals surface area contributed by atoms with Crippen molar-refractivity contribution in [3.05, 3.63) is 24.0 Å². The summed E-state index contributed by atoms with van der Waals surface area (Å²) in [6, 6.07) is 5.68. The molecule has 0 amide bonds. The van der Waals surface area contributed by atoms with Crippen molar-refractivity contribution in [1.82, 2.24) is 25.5 Å². The predicted octanol–water partition coefficient (Wildman–Crippen LogP) is 1.57. The van der Waals surface area contributed by atoms with Gasteiger partial charge in [0.25, 0.3) is 0 Å². The molecule has 1 N–H and O–H groups in total. The number of benzene rings is 1. The molecule has 0 aliphatic heterocycles. The third kappa shape index (κ3) is 3.69. The van der Waals surface area contributed by atoms with Gasteiger partial charge in [0.2, 0.25) is 0 Å². The second-order valence-electron chi connectivity index (χ2n) is 4.28. The van der Waals surface area contributed by atoms with E-state index < -0.39 is 0 Å². The summed E-state index contributed by atoms with van der Waals surface area (Å²) in [4.78, 5) is 0. The Bertz CT molecular complexity index is 570. The molecule has 2 aromatic rings. The number of hydrogen-bond acceptors (Lipinski definition) is 6. The first-order valence-corrected chi connectivity index (χ1v) is 7.18. The lowest BCUT2D eigenvalue weighted by Crippen LogP contribution is -2.16. The average Bonchev–Trinajstić information content (AvgIpc) is 2.96. The molecule has 21 heavy (non-hydrogen) atoms. The number of hydrogen-bond donors (Lipinski definition) is 1. The van der Waals surface area contributed by atoms with Gasteiger partial charge < -0.3 is 14.8 Å². The fourth-order valence-corrected chi connectivity index (χ4v) is 1.92. The first kappa shape index (κ1) is 15.2. The Morgan fingerprint density at radius 2 is 1.86 bits per heavy atom. The number of rotatable bonds is 8. The third-order valence-corrected chi connectivity index (χ3v) is 2.84. The van der Waals surface area contributed by atoms with Crippen molar-refractivity contribution >= 4 is 0 Å². The van der Waals surface area contributed by atoms with E-state index in [2.05, 4.69) is 20.8 Å². The Kier molecular flexibility index (Phi) is 5.51. The van der Waals surface area contributed by atoms with Gasteiger partial charge in [-0.3, -0.25) is 0 Å². The van der Waals surface area contributed by atoms with Gasteiger partial charge in [-0.25, -0.2) is 0 Å². The van der Waals surface area contributed by atoms with Crippen LogP contribution >= 0.6 is 0 Å². The van der Waals surface area contributed by atoms with Gasteiger partial charge in [0.15, 0.2) is 17.3 Å². The normalized spacial score (nSPS) is 10.6. The molecule has 0 spiro atoms. The monoisotopic (exact) mass is 291 g/mol. The number of tetrazole rings is 1. The molecule has 0 bridgehead atoms. The smallest absolute Gasteiger partial charge is 0.170 e. The number of nitrogens with zero attached hydrogens (tertiary/aromatic N) is 4. The van der Waals surface area contributed by atoms with Crippen LogP contribution in [0, 0.1) is 0 Å². The van der Waals surface area contributed by atoms with E-state index >= 15 is 0 Å². The Morgan fingerprint density at radius 1 is 1.10 bits per heavy atom. The Balaban J connectivity index is 2.31. The molecular weight excluding hydrogens is 270 g/mol. The summed E-state index contributed by atoms with van der Waals surface area (Å²) in [6.07, 6.45) is 0. The molecule has 0 saturated carbocycles. The van der Waals surface area contributed by atoms with Crippen LogP contribution in [-0.2, 0) is 6.54 Å². The molecule has 0 fully saturated rings. The summed E-state index contributed by atoms with van der Waals surface area (Å²) >= 11 is 0. The molecule has 0 aliphatic carbocycles. The van der Waals surface area contributed by atoms with Gasteiger partial charge in [0, 0.05) is 6.07 Å². The Labute approximate surface area is 124 Å². The molecule has 7 heteroatoms. The van der Waals surface area contributed by atoms with Crippen LogP contribution in [0.4, 0.5) is 0 Å². The first-order valence-electron chi connectivity index (χ1n) is 7.18. The van der Waals surface area contributed by atoms with E-state index in [0.29, 0.717) is 25.5 Å². The summed E-state index contributed by atoms with van der Waals surface area (Å²) in [5.41, 5.74) is 0.847. The zero-order valence-electron chi connectivity index (χ0n) is 12.7. The quantitative estimate of drug-likeness (QED) is 0.796. The van der Waals surface area contributed by atoms with Crippen LogP contribution in [0.5, 0.6) is 11.5 Å². The molecule has 0 radical (unpaired) electrons. The Morgan fingerprint density at radius 3 is 2.57 bits per heavy atom. The van der Waals surface area contributed by atoms with Crippen LogP contribution in [0.1, 0.15) is 26.6 Å². The number of ether oxygens (including phenoxy) is 2. The van der Waals surface area contributed by atoms with Gasteiger partial charge in [-0.15, -0.1) is 5.10 Å². The minimum absolute atomic E-state index is 0.573. The van der Waals surface area contributed by atoms with Crippen LogP contribution in [0.2, 0.25) is 0 Å². The SMILES string of the molecule is CCNCc1nnnn1-c1ccc(OCC)c(OCC)c1. The molecule has 114 valence electrons. The van der Waals surface area contributed by atoms with Gasteiger partial charge in [-0.05, 0) is 43.0 Å². The maximum absolute atomic E-state index is 5.63. The molecule has 1 heterocycles. The third-order valence-electron chi connectivity index (χ3n) is 2.84. The fraction of sp³-hybridized carbons (Fsp3) is 0.500. The van der Waals surface area contributed by atoms with Crippen LogP contribution in [0.3, 0.4) is 0 Å². The van der Waals surface area contributed by atoms with Crippen LogP contribution in [0.15, 0.2) is 18.2 Å². The highest BCUT2D eigenvalue weighted by Crippen LogP contribution is 2.29. The highest BCUT2D eigenvalue weighted by molar-refractivity contribution is 5.48. The van der Waals surface area contributed by atoms with E-state index in [1.54, 1.807) is 4.68 Å². The van der Waals surface area contributed by atoms with E-state index in [0.717, 1.165) is 23.8 Å². The zero-order chi connectivity index (χ0) is 15.1. The van der Waals surface area contributed by atoms with Crippen molar-refractivity contribution in [2.45, 2.75) is 27.3 Å². The molecule has 0 aliphatic rings. The molecule has 0 unspecified atom stereocenters. The van der Waals surface area contributed by atoms with Crippen LogP contribution in [0.25, 0.3) is 5.69 Å². The van der Waals surface area contributed by atoms with Crippen molar-refractivity contribution in [2.75, 3.05) is 19.8 Å².